The lowest BCUT2D eigenvalue weighted by atomic mass is 10.2. The molecule has 3 aromatic rings. The van der Waals surface area contributed by atoms with Gasteiger partial charge >= 0.3 is 5.69 Å². The van der Waals surface area contributed by atoms with E-state index in [2.05, 4.69) is 4.98 Å². The minimum absolute atomic E-state index is 0.0298. The van der Waals surface area contributed by atoms with Crippen LogP contribution in [0.15, 0.2) is 40.1 Å². The number of nitrogens with zero attached hydrogens (tertiary/aromatic N) is 4. The van der Waals surface area contributed by atoms with E-state index < -0.39 is 11.2 Å². The van der Waals surface area contributed by atoms with Crippen LogP contribution in [0.3, 0.4) is 0 Å². The number of benzene rings is 1. The van der Waals surface area contributed by atoms with E-state index in [1.165, 1.54) is 17.8 Å². The lowest BCUT2D eigenvalue weighted by Crippen LogP contribution is -2.38. The Labute approximate surface area is 148 Å². The first kappa shape index (κ1) is 16.3. The summed E-state index contributed by atoms with van der Waals surface area (Å²) in [5.41, 5.74) is 0.650. The van der Waals surface area contributed by atoms with Gasteiger partial charge < -0.3 is 14.0 Å². The normalized spacial score (nSPS) is 17.2. The summed E-state index contributed by atoms with van der Waals surface area (Å²) < 4.78 is 3.20. The highest BCUT2D eigenvalue weighted by Crippen LogP contribution is 2.33. The number of aromatic amines is 1. The number of amides is 1. The third kappa shape index (κ3) is 2.45. The van der Waals surface area contributed by atoms with Gasteiger partial charge in [0.1, 0.15) is 11.4 Å². The molecule has 1 amide bonds. The number of rotatable bonds is 2. The molecular weight excluding hydrogens is 334 g/mol. The second-order valence-electron chi connectivity index (χ2n) is 6.59. The van der Waals surface area contributed by atoms with E-state index in [1.807, 2.05) is 35.9 Å². The Kier molecular flexibility index (Phi) is 3.75. The number of carbonyl (C=O) groups excluding carboxylic acids is 1. The topological polar surface area (TPSA) is 93.0 Å². The van der Waals surface area contributed by atoms with E-state index >= 15 is 0 Å². The van der Waals surface area contributed by atoms with Crippen molar-refractivity contribution in [3.05, 3.63) is 62.7 Å². The monoisotopic (exact) mass is 353 g/mol. The minimum Gasteiger partial charge on any atom is -0.329 e. The molecule has 1 aliphatic heterocycles. The Bertz CT molecular complexity index is 1120. The maximum absolute atomic E-state index is 13.0. The molecule has 1 atom stereocenters. The van der Waals surface area contributed by atoms with Gasteiger partial charge in [-0.25, -0.2) is 9.78 Å². The zero-order valence-electron chi connectivity index (χ0n) is 14.6. The van der Waals surface area contributed by atoms with E-state index in [0.29, 0.717) is 6.54 Å². The van der Waals surface area contributed by atoms with Crippen molar-refractivity contribution in [3.8, 4) is 0 Å². The summed E-state index contributed by atoms with van der Waals surface area (Å²) in [6.45, 7) is 0.551. The van der Waals surface area contributed by atoms with Gasteiger partial charge in [0.05, 0.1) is 17.1 Å². The second-order valence-corrected chi connectivity index (χ2v) is 6.59. The van der Waals surface area contributed by atoms with Gasteiger partial charge in [-0.05, 0) is 25.0 Å². The van der Waals surface area contributed by atoms with Crippen molar-refractivity contribution >= 4 is 16.9 Å². The van der Waals surface area contributed by atoms with Crippen LogP contribution in [0.4, 0.5) is 0 Å². The molecule has 0 saturated carbocycles. The summed E-state index contributed by atoms with van der Waals surface area (Å²) in [6, 6.07) is 7.62. The number of aryl methyl sites for hydroxylation is 2. The number of likely N-dealkylation sites (tertiary alicyclic amines) is 1. The predicted molar refractivity (Wildman–Crippen MR) is 96.0 cm³/mol. The molecular formula is C18H19N5O3. The van der Waals surface area contributed by atoms with Gasteiger partial charge in [-0.3, -0.25) is 14.6 Å². The first-order valence-corrected chi connectivity index (χ1v) is 8.49. The maximum atomic E-state index is 13.0. The smallest absolute Gasteiger partial charge is 0.328 e. The highest BCUT2D eigenvalue weighted by Gasteiger charge is 2.34. The summed E-state index contributed by atoms with van der Waals surface area (Å²) in [4.78, 5) is 45.2. The van der Waals surface area contributed by atoms with Gasteiger partial charge in [0.2, 0.25) is 0 Å². The molecule has 1 aliphatic rings. The van der Waals surface area contributed by atoms with Crippen molar-refractivity contribution in [2.24, 2.45) is 14.1 Å². The van der Waals surface area contributed by atoms with Gasteiger partial charge in [0.15, 0.2) is 0 Å². The summed E-state index contributed by atoms with van der Waals surface area (Å²) in [7, 11) is 3.44. The molecule has 2 aromatic heterocycles. The minimum atomic E-state index is -0.659. The third-order valence-electron chi connectivity index (χ3n) is 4.97. The van der Waals surface area contributed by atoms with Crippen molar-refractivity contribution in [1.82, 2.24) is 24.0 Å². The van der Waals surface area contributed by atoms with Gasteiger partial charge in [-0.1, -0.05) is 12.1 Å². The Hall–Kier alpha value is -3.16. The molecule has 0 bridgehead atoms. The molecule has 0 aliphatic carbocycles. The van der Waals surface area contributed by atoms with E-state index in [9.17, 15) is 14.4 Å². The fraction of sp³-hybridized carbons (Fsp3) is 0.333. The highest BCUT2D eigenvalue weighted by atomic mass is 16.2. The van der Waals surface area contributed by atoms with Crippen LogP contribution in [0.5, 0.6) is 0 Å². The van der Waals surface area contributed by atoms with Crippen LogP contribution in [0, 0.1) is 0 Å². The fourth-order valence-electron chi connectivity index (χ4n) is 3.61. The zero-order chi connectivity index (χ0) is 18.4. The Balaban J connectivity index is 1.76. The molecule has 3 heterocycles. The lowest BCUT2D eigenvalue weighted by molar-refractivity contribution is 0.0725. The summed E-state index contributed by atoms with van der Waals surface area (Å²) in [6.07, 6.45) is 2.92. The molecule has 26 heavy (non-hydrogen) atoms. The first-order valence-electron chi connectivity index (χ1n) is 8.49. The number of fused-ring (bicyclic) bond motifs is 1. The molecule has 4 rings (SSSR count). The van der Waals surface area contributed by atoms with Crippen molar-refractivity contribution in [2.45, 2.75) is 18.9 Å². The summed E-state index contributed by atoms with van der Waals surface area (Å²) in [5.74, 6) is 0.426. The molecule has 1 fully saturated rings. The highest BCUT2D eigenvalue weighted by molar-refractivity contribution is 5.94. The number of hydrogen-bond acceptors (Lipinski definition) is 4. The second kappa shape index (κ2) is 5.98. The van der Waals surface area contributed by atoms with E-state index in [-0.39, 0.29) is 17.5 Å². The average molecular weight is 353 g/mol. The van der Waals surface area contributed by atoms with E-state index in [0.717, 1.165) is 29.7 Å². The predicted octanol–water partition coefficient (Wildman–Crippen LogP) is 0.938. The van der Waals surface area contributed by atoms with E-state index in [4.69, 9.17) is 4.98 Å². The summed E-state index contributed by atoms with van der Waals surface area (Å²) in [5, 5.41) is 0. The zero-order valence-corrected chi connectivity index (χ0v) is 14.6. The van der Waals surface area contributed by atoms with Crippen LogP contribution < -0.4 is 11.2 Å². The van der Waals surface area contributed by atoms with E-state index in [1.54, 1.807) is 4.90 Å². The van der Waals surface area contributed by atoms with Crippen LogP contribution >= 0.6 is 0 Å². The maximum Gasteiger partial charge on any atom is 0.328 e. The van der Waals surface area contributed by atoms with Crippen LogP contribution in [0.25, 0.3) is 11.0 Å². The number of para-hydroxylation sites is 2. The van der Waals surface area contributed by atoms with Gasteiger partial charge in [-0.2, -0.15) is 0 Å². The lowest BCUT2D eigenvalue weighted by Gasteiger charge is -2.24. The summed E-state index contributed by atoms with van der Waals surface area (Å²) >= 11 is 0. The molecule has 134 valence electrons. The van der Waals surface area contributed by atoms with Gasteiger partial charge in [-0.15, -0.1) is 0 Å². The number of H-pyrrole nitrogens is 1. The molecule has 0 unspecified atom stereocenters. The average Bonchev–Trinajstić information content (AvgIpc) is 3.22. The van der Waals surface area contributed by atoms with Crippen LogP contribution in [-0.2, 0) is 14.1 Å². The number of hydrogen-bond donors (Lipinski definition) is 1. The molecule has 0 spiro atoms. The fourth-order valence-corrected chi connectivity index (χ4v) is 3.61. The largest absolute Gasteiger partial charge is 0.329 e. The Morgan fingerprint density at radius 2 is 2.00 bits per heavy atom. The Morgan fingerprint density at radius 3 is 2.77 bits per heavy atom. The quantitative estimate of drug-likeness (QED) is 0.742. The van der Waals surface area contributed by atoms with Crippen molar-refractivity contribution in [2.75, 3.05) is 6.54 Å². The number of nitrogens with one attached hydrogen (secondary N) is 1. The van der Waals surface area contributed by atoms with Crippen LogP contribution in [-0.4, -0.2) is 36.5 Å². The molecule has 8 nitrogen and oxygen atoms in total. The SMILES string of the molecule is Cn1cc(C(=O)N2CCC[C@@H]2c2nc3ccccc3n2C)c(=O)[nH]c1=O. The Morgan fingerprint density at radius 1 is 1.23 bits per heavy atom. The van der Waals surface area contributed by atoms with Crippen LogP contribution in [0.2, 0.25) is 0 Å². The van der Waals surface area contributed by atoms with Crippen molar-refractivity contribution in [1.29, 1.82) is 0 Å². The molecule has 0 radical (unpaired) electrons. The molecule has 1 saturated heterocycles. The molecule has 8 heteroatoms. The van der Waals surface area contributed by atoms with Gasteiger partial charge in [0, 0.05) is 26.8 Å². The molecule has 1 N–H and O–H groups in total. The molecule has 1 aromatic carbocycles. The van der Waals surface area contributed by atoms with Gasteiger partial charge in [0.25, 0.3) is 11.5 Å². The number of aromatic nitrogens is 4. The van der Waals surface area contributed by atoms with Crippen LogP contribution in [0.1, 0.15) is 35.1 Å². The standard InChI is InChI=1S/C18H19N5O3/c1-21-10-11(16(24)20-18(21)26)17(25)23-9-5-8-14(23)15-19-12-6-3-4-7-13(12)22(15)2/h3-4,6-7,10,14H,5,8-9H2,1-2H3,(H,20,24,26)/t14-/m1/s1. The first-order chi connectivity index (χ1) is 12.5. The number of imidazole rings is 1. The van der Waals surface area contributed by atoms with Crippen molar-refractivity contribution in [3.63, 3.8) is 0 Å². The number of carbonyl (C=O) groups is 1. The van der Waals surface area contributed by atoms with Crippen molar-refractivity contribution < 1.29 is 4.79 Å². The third-order valence-corrected chi connectivity index (χ3v) is 4.97.